The number of nitrogens with zero attached hydrogens (tertiary/aromatic N) is 2. The molecule has 3 rings (SSSR count). The first kappa shape index (κ1) is 14.1. The number of benzene rings is 2. The van der Waals surface area contributed by atoms with Crippen molar-refractivity contribution in [1.29, 1.82) is 0 Å². The van der Waals surface area contributed by atoms with E-state index < -0.39 is 6.23 Å². The van der Waals surface area contributed by atoms with Crippen molar-refractivity contribution in [3.8, 4) is 0 Å². The maximum atomic E-state index is 12.5. The van der Waals surface area contributed by atoms with Gasteiger partial charge in [0, 0.05) is 16.8 Å². The lowest BCUT2D eigenvalue weighted by Crippen LogP contribution is -2.40. The highest BCUT2D eigenvalue weighted by Gasteiger charge is 2.33. The highest BCUT2D eigenvalue weighted by atomic mass is 16.5. The number of urea groups is 1. The number of hydrogen-bond donors (Lipinski definition) is 0. The van der Waals surface area contributed by atoms with Gasteiger partial charge in [-0.1, -0.05) is 55.1 Å². The zero-order chi connectivity index (χ0) is 15.5. The van der Waals surface area contributed by atoms with Gasteiger partial charge in [0.1, 0.15) is 0 Å². The van der Waals surface area contributed by atoms with Gasteiger partial charge in [0.2, 0.25) is 12.1 Å². The van der Waals surface area contributed by atoms with Crippen LogP contribution in [0.1, 0.15) is 18.7 Å². The largest absolute Gasteiger partial charge is 0.448 e. The Kier molecular flexibility index (Phi) is 3.74. The molecule has 1 aliphatic rings. The summed E-state index contributed by atoms with van der Waals surface area (Å²) in [7, 11) is 0. The lowest BCUT2D eigenvalue weighted by atomic mass is 10.1. The van der Waals surface area contributed by atoms with Crippen LogP contribution in [-0.2, 0) is 4.74 Å². The summed E-state index contributed by atoms with van der Waals surface area (Å²) in [5, 5.41) is 0. The van der Waals surface area contributed by atoms with Gasteiger partial charge in [-0.3, -0.25) is 4.90 Å². The van der Waals surface area contributed by atoms with Crippen LogP contribution < -0.4 is 4.90 Å². The molecular formula is C18H16N2O2. The Bertz CT molecular complexity index is 723. The predicted molar refractivity (Wildman–Crippen MR) is 86.8 cm³/mol. The van der Waals surface area contributed by atoms with Gasteiger partial charge in [0.05, 0.1) is 0 Å². The summed E-state index contributed by atoms with van der Waals surface area (Å²) in [6, 6.07) is 18.6. The summed E-state index contributed by atoms with van der Waals surface area (Å²) < 4.78 is 5.93. The highest BCUT2D eigenvalue weighted by molar-refractivity contribution is 6.07. The van der Waals surface area contributed by atoms with Crippen molar-refractivity contribution >= 4 is 17.6 Å². The number of rotatable bonds is 3. The van der Waals surface area contributed by atoms with Crippen LogP contribution in [0.25, 0.3) is 0 Å². The number of carbonyl (C=O) groups excluding carboxylic acids is 1. The number of para-hydroxylation sites is 1. The molecule has 2 aromatic carbocycles. The molecule has 0 radical (unpaired) electrons. The third kappa shape index (κ3) is 2.63. The summed E-state index contributed by atoms with van der Waals surface area (Å²) in [5.41, 5.74) is 2.25. The first-order valence-corrected chi connectivity index (χ1v) is 7.01. The Balaban J connectivity index is 2.08. The monoisotopic (exact) mass is 292 g/mol. The molecular weight excluding hydrogens is 276 g/mol. The Morgan fingerprint density at radius 1 is 1.09 bits per heavy atom. The van der Waals surface area contributed by atoms with Crippen LogP contribution in [-0.4, -0.2) is 11.9 Å². The molecule has 1 aliphatic heterocycles. The molecule has 110 valence electrons. The third-order valence-corrected chi connectivity index (χ3v) is 3.35. The van der Waals surface area contributed by atoms with Crippen LogP contribution in [0.4, 0.5) is 10.5 Å². The molecule has 1 heterocycles. The van der Waals surface area contributed by atoms with Crippen LogP contribution in [0.2, 0.25) is 0 Å². The number of amides is 2. The number of hydrogen-bond acceptors (Lipinski definition) is 2. The molecule has 4 heteroatoms. The maximum absolute atomic E-state index is 12.5. The van der Waals surface area contributed by atoms with E-state index in [1.54, 1.807) is 11.8 Å². The second kappa shape index (κ2) is 5.85. The average Bonchev–Trinajstić information content (AvgIpc) is 2.55. The Morgan fingerprint density at radius 3 is 2.27 bits per heavy atom. The molecule has 0 aromatic heterocycles. The second-order valence-corrected chi connectivity index (χ2v) is 5.07. The number of ether oxygens (including phenoxy) is 1. The van der Waals surface area contributed by atoms with E-state index in [1.807, 2.05) is 60.7 Å². The van der Waals surface area contributed by atoms with Crippen LogP contribution in [0, 0.1) is 0 Å². The summed E-state index contributed by atoms with van der Waals surface area (Å²) in [5.74, 6) is 0.283. The molecule has 0 saturated carbocycles. The summed E-state index contributed by atoms with van der Waals surface area (Å²) in [6.45, 7) is 5.58. The van der Waals surface area contributed by atoms with E-state index in [-0.39, 0.29) is 11.9 Å². The summed E-state index contributed by atoms with van der Waals surface area (Å²) in [4.78, 5) is 18.1. The minimum Gasteiger partial charge on any atom is -0.448 e. The lowest BCUT2D eigenvalue weighted by Gasteiger charge is -2.34. The molecule has 2 amide bonds. The molecule has 22 heavy (non-hydrogen) atoms. The molecule has 0 N–H and O–H groups in total. The van der Waals surface area contributed by atoms with Crippen molar-refractivity contribution in [2.45, 2.75) is 13.2 Å². The van der Waals surface area contributed by atoms with E-state index in [2.05, 4.69) is 11.6 Å². The van der Waals surface area contributed by atoms with Gasteiger partial charge in [-0.05, 0) is 19.1 Å². The Hall–Kier alpha value is -2.88. The van der Waals surface area contributed by atoms with E-state index in [0.717, 1.165) is 11.3 Å². The van der Waals surface area contributed by atoms with Crippen molar-refractivity contribution in [3.63, 3.8) is 0 Å². The van der Waals surface area contributed by atoms with Crippen molar-refractivity contribution in [3.05, 3.63) is 78.4 Å². The van der Waals surface area contributed by atoms with Gasteiger partial charge in [-0.25, -0.2) is 4.79 Å². The van der Waals surface area contributed by atoms with E-state index in [1.165, 1.54) is 0 Å². The molecule has 1 unspecified atom stereocenters. The second-order valence-electron chi connectivity index (χ2n) is 5.07. The van der Waals surface area contributed by atoms with E-state index >= 15 is 0 Å². The van der Waals surface area contributed by atoms with Gasteiger partial charge >= 0.3 is 6.03 Å². The minimum absolute atomic E-state index is 0.283. The quantitative estimate of drug-likeness (QED) is 0.845. The van der Waals surface area contributed by atoms with Gasteiger partial charge in [0.25, 0.3) is 0 Å². The number of aliphatic imine (C=N–C) groups is 1. The Morgan fingerprint density at radius 2 is 1.68 bits per heavy atom. The fraction of sp³-hybridized carbons (Fsp3) is 0.111. The number of carbonyl (C=O) groups is 1. The maximum Gasteiger partial charge on any atom is 0.354 e. The van der Waals surface area contributed by atoms with E-state index in [0.29, 0.717) is 5.57 Å². The average molecular weight is 292 g/mol. The van der Waals surface area contributed by atoms with Gasteiger partial charge in [0.15, 0.2) is 0 Å². The zero-order valence-electron chi connectivity index (χ0n) is 12.3. The lowest BCUT2D eigenvalue weighted by molar-refractivity contribution is 0.171. The van der Waals surface area contributed by atoms with Crippen LogP contribution in [0.15, 0.2) is 77.8 Å². The summed E-state index contributed by atoms with van der Waals surface area (Å²) in [6.07, 6.45) is -0.555. The molecule has 0 saturated heterocycles. The smallest absolute Gasteiger partial charge is 0.354 e. The zero-order valence-corrected chi connectivity index (χ0v) is 12.3. The first-order valence-electron chi connectivity index (χ1n) is 7.01. The molecule has 4 nitrogen and oxygen atoms in total. The van der Waals surface area contributed by atoms with Crippen molar-refractivity contribution in [2.75, 3.05) is 4.90 Å². The normalized spacial score (nSPS) is 17.7. The minimum atomic E-state index is -0.555. The van der Waals surface area contributed by atoms with Crippen LogP contribution >= 0.6 is 0 Å². The van der Waals surface area contributed by atoms with Crippen LogP contribution in [0.5, 0.6) is 0 Å². The molecule has 0 spiro atoms. The fourth-order valence-corrected chi connectivity index (χ4v) is 2.29. The molecule has 2 aromatic rings. The summed E-state index contributed by atoms with van der Waals surface area (Å²) >= 11 is 0. The Labute approximate surface area is 129 Å². The van der Waals surface area contributed by atoms with E-state index in [9.17, 15) is 4.79 Å². The SMILES string of the molecule is C=C(C)C1=NC(=O)N(c2ccccc2)C(c2ccccc2)O1. The van der Waals surface area contributed by atoms with Gasteiger partial charge in [-0.2, -0.15) is 4.99 Å². The van der Waals surface area contributed by atoms with Crippen molar-refractivity contribution in [2.24, 2.45) is 4.99 Å². The van der Waals surface area contributed by atoms with Gasteiger partial charge < -0.3 is 4.74 Å². The standard InChI is InChI=1S/C18H16N2O2/c1-13(2)16-19-18(21)20(15-11-7-4-8-12-15)17(22-16)14-9-5-3-6-10-14/h3-12,17H,1H2,2H3. The van der Waals surface area contributed by atoms with Crippen LogP contribution in [0.3, 0.4) is 0 Å². The molecule has 0 aliphatic carbocycles. The fourth-order valence-electron chi connectivity index (χ4n) is 2.29. The topological polar surface area (TPSA) is 41.9 Å². The highest BCUT2D eigenvalue weighted by Crippen LogP contribution is 2.32. The number of anilines is 1. The third-order valence-electron chi connectivity index (χ3n) is 3.35. The van der Waals surface area contributed by atoms with Crippen molar-refractivity contribution in [1.82, 2.24) is 0 Å². The predicted octanol–water partition coefficient (Wildman–Crippen LogP) is 4.32. The van der Waals surface area contributed by atoms with Crippen molar-refractivity contribution < 1.29 is 9.53 Å². The first-order chi connectivity index (χ1) is 10.7. The molecule has 0 bridgehead atoms. The molecule has 1 atom stereocenters. The van der Waals surface area contributed by atoms with Gasteiger partial charge in [-0.15, -0.1) is 0 Å². The molecule has 0 fully saturated rings. The van der Waals surface area contributed by atoms with E-state index in [4.69, 9.17) is 4.74 Å².